The highest BCUT2D eigenvalue weighted by atomic mass is 35.5. The summed E-state index contributed by atoms with van der Waals surface area (Å²) in [7, 11) is 0. The summed E-state index contributed by atoms with van der Waals surface area (Å²) >= 11 is 5.79. The van der Waals surface area contributed by atoms with Crippen molar-refractivity contribution in [1.29, 1.82) is 0 Å². The summed E-state index contributed by atoms with van der Waals surface area (Å²) in [6, 6.07) is 6.48. The molecule has 2 unspecified atom stereocenters. The van der Waals surface area contributed by atoms with Crippen molar-refractivity contribution in [3.8, 4) is 0 Å². The van der Waals surface area contributed by atoms with Crippen LogP contribution in [0.2, 0.25) is 5.02 Å². The molecule has 0 saturated heterocycles. The Hall–Kier alpha value is -1.43. The fraction of sp³-hybridized carbons (Fsp3) is 0.529. The van der Waals surface area contributed by atoms with Crippen molar-refractivity contribution in [3.05, 3.63) is 34.9 Å². The lowest BCUT2D eigenvalue weighted by atomic mass is 9.84. The average molecular weight is 338 g/mol. The molecular formula is C17H24ClN3O2. The number of rotatable bonds is 6. The molecule has 1 aliphatic rings. The highest BCUT2D eigenvalue weighted by molar-refractivity contribution is 6.30. The quantitative estimate of drug-likeness (QED) is 0.550. The Bertz CT molecular complexity index is 527. The van der Waals surface area contributed by atoms with Crippen LogP contribution in [0.1, 0.15) is 44.1 Å². The molecule has 4 N–H and O–H groups in total. The summed E-state index contributed by atoms with van der Waals surface area (Å²) in [5.74, 6) is -0.0581. The van der Waals surface area contributed by atoms with Crippen LogP contribution < -0.4 is 11.2 Å². The van der Waals surface area contributed by atoms with Gasteiger partial charge < -0.3 is 10.8 Å². The zero-order valence-corrected chi connectivity index (χ0v) is 13.9. The molecule has 2 rings (SSSR count). The van der Waals surface area contributed by atoms with E-state index in [2.05, 4.69) is 10.5 Å². The van der Waals surface area contributed by atoms with Gasteiger partial charge in [0.05, 0.1) is 6.21 Å². The molecule has 5 nitrogen and oxygen atoms in total. The number of carbonyl (C=O) groups is 1. The number of benzene rings is 1. The highest BCUT2D eigenvalue weighted by Crippen LogP contribution is 2.27. The van der Waals surface area contributed by atoms with Crippen molar-refractivity contribution in [2.45, 2.75) is 50.7 Å². The van der Waals surface area contributed by atoms with Gasteiger partial charge in [0.15, 0.2) is 0 Å². The van der Waals surface area contributed by atoms with E-state index >= 15 is 0 Å². The second-order valence-corrected chi connectivity index (χ2v) is 6.57. The number of hydrogen-bond donors (Lipinski definition) is 3. The summed E-state index contributed by atoms with van der Waals surface area (Å²) in [6.07, 6.45) is 6.90. The minimum atomic E-state index is -1.24. The van der Waals surface area contributed by atoms with Crippen LogP contribution in [-0.4, -0.2) is 29.4 Å². The second kappa shape index (κ2) is 9.01. The van der Waals surface area contributed by atoms with Gasteiger partial charge in [0.1, 0.15) is 6.10 Å². The largest absolute Gasteiger partial charge is 0.382 e. The first kappa shape index (κ1) is 17.9. The zero-order valence-electron chi connectivity index (χ0n) is 13.1. The molecule has 1 aromatic carbocycles. The molecule has 23 heavy (non-hydrogen) atoms. The number of hydrazone groups is 1. The number of halogens is 1. The van der Waals surface area contributed by atoms with E-state index in [-0.39, 0.29) is 0 Å². The lowest BCUT2D eigenvalue weighted by molar-refractivity contribution is -0.130. The van der Waals surface area contributed by atoms with Crippen molar-refractivity contribution >= 4 is 23.7 Å². The van der Waals surface area contributed by atoms with Crippen LogP contribution in [0.5, 0.6) is 0 Å². The van der Waals surface area contributed by atoms with Crippen molar-refractivity contribution < 1.29 is 9.90 Å². The van der Waals surface area contributed by atoms with Crippen LogP contribution in [0.3, 0.4) is 0 Å². The maximum absolute atomic E-state index is 11.9. The van der Waals surface area contributed by atoms with Crippen LogP contribution in [0.25, 0.3) is 0 Å². The van der Waals surface area contributed by atoms with Gasteiger partial charge in [0.25, 0.3) is 5.91 Å². The molecule has 2 atom stereocenters. The van der Waals surface area contributed by atoms with Gasteiger partial charge in [-0.15, -0.1) is 0 Å². The fourth-order valence-electron chi connectivity index (χ4n) is 2.92. The van der Waals surface area contributed by atoms with Gasteiger partial charge in [-0.1, -0.05) is 55.8 Å². The third kappa shape index (κ3) is 5.94. The van der Waals surface area contributed by atoms with E-state index in [1.807, 2.05) is 0 Å². The summed E-state index contributed by atoms with van der Waals surface area (Å²) < 4.78 is 0. The van der Waals surface area contributed by atoms with E-state index in [1.165, 1.54) is 25.5 Å². The van der Waals surface area contributed by atoms with Crippen LogP contribution in [0.4, 0.5) is 0 Å². The van der Waals surface area contributed by atoms with Crippen LogP contribution in [-0.2, 0) is 4.79 Å². The van der Waals surface area contributed by atoms with Crippen LogP contribution in [0.15, 0.2) is 29.4 Å². The number of nitrogens with one attached hydrogen (secondary N) is 1. The number of nitrogens with zero attached hydrogens (tertiary/aromatic N) is 1. The number of nitrogens with two attached hydrogens (primary N) is 1. The minimum absolute atomic E-state index is 0.513. The van der Waals surface area contributed by atoms with Gasteiger partial charge >= 0.3 is 0 Å². The Labute approximate surface area is 141 Å². The molecule has 126 valence electrons. The van der Waals surface area contributed by atoms with Gasteiger partial charge in [0, 0.05) is 11.1 Å². The summed E-state index contributed by atoms with van der Waals surface area (Å²) in [4.78, 5) is 11.9. The average Bonchev–Trinajstić information content (AvgIpc) is 2.56. The molecule has 0 spiro atoms. The van der Waals surface area contributed by atoms with Crippen molar-refractivity contribution in [2.24, 2.45) is 16.8 Å². The lowest BCUT2D eigenvalue weighted by Crippen LogP contribution is -2.46. The standard InChI is InChI=1S/C17H24ClN3O2/c18-14-8-6-13(7-9-14)11-20-21-17(23)16(22)15(19)10-12-4-2-1-3-5-12/h6-9,11-12,15-16,22H,1-5,10,19H2,(H,21,23)/b20-11+. The van der Waals surface area contributed by atoms with Crippen molar-refractivity contribution in [3.63, 3.8) is 0 Å². The molecule has 1 aliphatic carbocycles. The molecule has 1 fully saturated rings. The molecule has 0 aliphatic heterocycles. The van der Waals surface area contributed by atoms with E-state index < -0.39 is 18.1 Å². The Morgan fingerprint density at radius 1 is 1.35 bits per heavy atom. The molecule has 1 saturated carbocycles. The van der Waals surface area contributed by atoms with Gasteiger partial charge in [0.2, 0.25) is 0 Å². The topological polar surface area (TPSA) is 87.7 Å². The smallest absolute Gasteiger partial charge is 0.270 e. The molecule has 0 heterocycles. The molecule has 0 radical (unpaired) electrons. The third-order valence-electron chi connectivity index (χ3n) is 4.26. The number of aliphatic hydroxyl groups excluding tert-OH is 1. The molecule has 0 aromatic heterocycles. The van der Waals surface area contributed by atoms with Crippen molar-refractivity contribution in [1.82, 2.24) is 5.43 Å². The Morgan fingerprint density at radius 2 is 2.00 bits per heavy atom. The van der Waals surface area contributed by atoms with Gasteiger partial charge in [-0.05, 0) is 30.0 Å². The molecular weight excluding hydrogens is 314 g/mol. The number of aliphatic hydroxyl groups is 1. The highest BCUT2D eigenvalue weighted by Gasteiger charge is 2.26. The summed E-state index contributed by atoms with van der Waals surface area (Å²) in [6.45, 7) is 0. The van der Waals surface area contributed by atoms with E-state index in [0.717, 1.165) is 18.4 Å². The van der Waals surface area contributed by atoms with Crippen LogP contribution in [0, 0.1) is 5.92 Å². The monoisotopic (exact) mass is 337 g/mol. The lowest BCUT2D eigenvalue weighted by Gasteiger charge is -2.26. The molecule has 1 amide bonds. The zero-order chi connectivity index (χ0) is 16.7. The Kier molecular flexibility index (Phi) is 7.02. The number of carbonyl (C=O) groups excluding carboxylic acids is 1. The van der Waals surface area contributed by atoms with E-state index in [1.54, 1.807) is 24.3 Å². The third-order valence-corrected chi connectivity index (χ3v) is 4.51. The van der Waals surface area contributed by atoms with E-state index in [4.69, 9.17) is 17.3 Å². The summed E-state index contributed by atoms with van der Waals surface area (Å²) in [5, 5.41) is 14.5. The van der Waals surface area contributed by atoms with Crippen molar-refractivity contribution in [2.75, 3.05) is 0 Å². The van der Waals surface area contributed by atoms with E-state index in [9.17, 15) is 9.90 Å². The number of hydrogen-bond acceptors (Lipinski definition) is 4. The summed E-state index contributed by atoms with van der Waals surface area (Å²) in [5.41, 5.74) is 9.10. The second-order valence-electron chi connectivity index (χ2n) is 6.13. The van der Waals surface area contributed by atoms with Gasteiger partial charge in [-0.3, -0.25) is 4.79 Å². The maximum Gasteiger partial charge on any atom is 0.270 e. The predicted octanol–water partition coefficient (Wildman–Crippen LogP) is 2.45. The first-order valence-electron chi connectivity index (χ1n) is 8.08. The Morgan fingerprint density at radius 3 is 2.65 bits per heavy atom. The first-order chi connectivity index (χ1) is 11.1. The maximum atomic E-state index is 11.9. The van der Waals surface area contributed by atoms with E-state index in [0.29, 0.717) is 17.4 Å². The fourth-order valence-corrected chi connectivity index (χ4v) is 3.04. The predicted molar refractivity (Wildman–Crippen MR) is 92.4 cm³/mol. The molecule has 6 heteroatoms. The minimum Gasteiger partial charge on any atom is -0.382 e. The van der Waals surface area contributed by atoms with Crippen LogP contribution >= 0.6 is 11.6 Å². The Balaban J connectivity index is 1.78. The first-order valence-corrected chi connectivity index (χ1v) is 8.46. The molecule has 1 aromatic rings. The van der Waals surface area contributed by atoms with Gasteiger partial charge in [-0.2, -0.15) is 5.10 Å². The SMILES string of the molecule is NC(CC1CCCCC1)C(O)C(=O)N/N=C/c1ccc(Cl)cc1. The molecule has 0 bridgehead atoms. The normalized spacial score (nSPS) is 18.7. The number of amides is 1. The van der Waals surface area contributed by atoms with Gasteiger partial charge in [-0.25, -0.2) is 5.43 Å².